The Morgan fingerprint density at radius 3 is 2.56 bits per heavy atom. The normalized spacial score (nSPS) is 12.8. The lowest BCUT2D eigenvalue weighted by Crippen LogP contribution is -2.22. The number of fused-ring (bicyclic) bond motifs is 1. The molecule has 1 amide bonds. The van der Waals surface area contributed by atoms with Crippen LogP contribution in [-0.2, 0) is 27.1 Å². The molecule has 2 aromatic rings. The van der Waals surface area contributed by atoms with Gasteiger partial charge in [-0.1, -0.05) is 0 Å². The van der Waals surface area contributed by atoms with Gasteiger partial charge in [0.2, 0.25) is 0 Å². The highest BCUT2D eigenvalue weighted by Gasteiger charge is 2.28. The van der Waals surface area contributed by atoms with E-state index in [0.717, 1.165) is 36.1 Å². The predicted octanol–water partition coefficient (Wildman–Crippen LogP) is 4.20. The second-order valence-corrected chi connectivity index (χ2v) is 8.86. The molecule has 0 radical (unpaired) electrons. The molecule has 10 heteroatoms. The van der Waals surface area contributed by atoms with Gasteiger partial charge in [-0.25, -0.2) is 9.59 Å². The van der Waals surface area contributed by atoms with Gasteiger partial charge in [-0.15, -0.1) is 11.3 Å². The highest BCUT2D eigenvalue weighted by Crippen LogP contribution is 2.38. The average Bonchev–Trinajstić information content (AvgIpc) is 3.08. The molecule has 3 rings (SSSR count). The van der Waals surface area contributed by atoms with E-state index in [9.17, 15) is 24.5 Å². The van der Waals surface area contributed by atoms with Crippen molar-refractivity contribution < 1.29 is 28.8 Å². The molecule has 1 aliphatic rings. The van der Waals surface area contributed by atoms with Crippen LogP contribution in [0.15, 0.2) is 18.2 Å². The lowest BCUT2D eigenvalue weighted by atomic mass is 9.95. The molecule has 1 aromatic heterocycles. The molecule has 9 nitrogen and oxygen atoms in total. The van der Waals surface area contributed by atoms with Gasteiger partial charge < -0.3 is 14.8 Å². The quantitative estimate of drug-likeness (QED) is 0.373. The van der Waals surface area contributed by atoms with Gasteiger partial charge in [0.25, 0.3) is 11.6 Å². The van der Waals surface area contributed by atoms with Crippen molar-refractivity contribution in [3.05, 3.63) is 55.4 Å². The Morgan fingerprint density at radius 1 is 1.19 bits per heavy atom. The molecule has 0 atom stereocenters. The van der Waals surface area contributed by atoms with E-state index >= 15 is 0 Å². The molecule has 170 valence electrons. The van der Waals surface area contributed by atoms with Crippen LogP contribution in [0.25, 0.3) is 0 Å². The first-order chi connectivity index (χ1) is 15.2. The average molecular weight is 461 g/mol. The third-order valence-electron chi connectivity index (χ3n) is 4.93. The highest BCUT2D eigenvalue weighted by atomic mass is 32.1. The van der Waals surface area contributed by atoms with E-state index in [0.29, 0.717) is 16.1 Å². The minimum Gasteiger partial charge on any atom is -0.459 e. The number of hydrogen-bond donors (Lipinski definition) is 1. The molecule has 1 heterocycles. The third-order valence-corrected chi connectivity index (χ3v) is 6.14. The first-order valence-electron chi connectivity index (χ1n) is 10.2. The van der Waals surface area contributed by atoms with E-state index in [1.807, 2.05) is 0 Å². The summed E-state index contributed by atoms with van der Waals surface area (Å²) in [5, 5.41) is 14.0. The summed E-state index contributed by atoms with van der Waals surface area (Å²) < 4.78 is 10.4. The predicted molar refractivity (Wildman–Crippen MR) is 118 cm³/mol. The number of nitrogens with one attached hydrogen (secondary N) is 1. The van der Waals surface area contributed by atoms with E-state index in [4.69, 9.17) is 9.47 Å². The fourth-order valence-electron chi connectivity index (χ4n) is 3.51. The largest absolute Gasteiger partial charge is 0.459 e. The fourth-order valence-corrected chi connectivity index (χ4v) is 4.80. The van der Waals surface area contributed by atoms with Gasteiger partial charge in [0.05, 0.1) is 22.2 Å². The maximum Gasteiger partial charge on any atom is 0.341 e. The number of benzene rings is 1. The maximum atomic E-state index is 12.6. The SMILES string of the molecule is Cc1cc(C(=O)OCC(=O)Nc2sc3c(c2C(=O)OC(C)C)CCCC3)ccc1[N+](=O)[O-]. The summed E-state index contributed by atoms with van der Waals surface area (Å²) in [5.74, 6) is -1.84. The van der Waals surface area contributed by atoms with Crippen LogP contribution in [0, 0.1) is 17.0 Å². The van der Waals surface area contributed by atoms with Crippen molar-refractivity contribution in [1.82, 2.24) is 0 Å². The lowest BCUT2D eigenvalue weighted by molar-refractivity contribution is -0.385. The number of hydrogen-bond acceptors (Lipinski definition) is 8. The number of carbonyl (C=O) groups is 3. The van der Waals surface area contributed by atoms with Crippen LogP contribution in [0.1, 0.15) is 63.4 Å². The number of esters is 2. The molecule has 1 aromatic carbocycles. The summed E-state index contributed by atoms with van der Waals surface area (Å²) in [7, 11) is 0. The number of nitro benzene ring substituents is 1. The highest BCUT2D eigenvalue weighted by molar-refractivity contribution is 7.17. The van der Waals surface area contributed by atoms with Gasteiger partial charge in [0.1, 0.15) is 5.00 Å². The van der Waals surface area contributed by atoms with Crippen molar-refractivity contribution in [2.45, 2.75) is 52.6 Å². The number of aryl methyl sites for hydroxylation is 2. The molecule has 0 saturated heterocycles. The number of carbonyl (C=O) groups excluding carboxylic acids is 3. The van der Waals surface area contributed by atoms with Crippen molar-refractivity contribution in [2.75, 3.05) is 11.9 Å². The number of amides is 1. The second-order valence-electron chi connectivity index (χ2n) is 7.75. The first-order valence-corrected chi connectivity index (χ1v) is 11.1. The van der Waals surface area contributed by atoms with Gasteiger partial charge in [0, 0.05) is 16.5 Å². The summed E-state index contributed by atoms with van der Waals surface area (Å²) in [6, 6.07) is 3.83. The van der Waals surface area contributed by atoms with Gasteiger partial charge >= 0.3 is 11.9 Å². The molecular formula is C22H24N2O7S. The van der Waals surface area contributed by atoms with E-state index in [-0.39, 0.29) is 17.4 Å². The number of rotatable bonds is 7. The van der Waals surface area contributed by atoms with Crippen molar-refractivity contribution >= 4 is 39.9 Å². The monoisotopic (exact) mass is 460 g/mol. The van der Waals surface area contributed by atoms with Crippen molar-refractivity contribution in [1.29, 1.82) is 0 Å². The van der Waals surface area contributed by atoms with E-state index in [1.165, 1.54) is 36.5 Å². The number of nitrogens with zero attached hydrogens (tertiary/aromatic N) is 1. The number of anilines is 1. The van der Waals surface area contributed by atoms with Gasteiger partial charge in [-0.05, 0) is 64.2 Å². The molecule has 1 N–H and O–H groups in total. The zero-order chi connectivity index (χ0) is 23.4. The number of thiophene rings is 1. The minimum absolute atomic E-state index is 0.105. The molecule has 1 aliphatic carbocycles. The Labute approximate surface area is 188 Å². The van der Waals surface area contributed by atoms with Crippen molar-refractivity contribution in [3.63, 3.8) is 0 Å². The molecule has 0 saturated carbocycles. The summed E-state index contributed by atoms with van der Waals surface area (Å²) in [5.41, 5.74) is 1.60. The molecule has 0 unspecified atom stereocenters. The lowest BCUT2D eigenvalue weighted by Gasteiger charge is -2.14. The summed E-state index contributed by atoms with van der Waals surface area (Å²) in [6.07, 6.45) is 3.28. The Bertz CT molecular complexity index is 1070. The Hall–Kier alpha value is -3.27. The zero-order valence-electron chi connectivity index (χ0n) is 18.1. The number of ether oxygens (including phenoxy) is 2. The van der Waals surface area contributed by atoms with E-state index in [1.54, 1.807) is 13.8 Å². The van der Waals surface area contributed by atoms with Crippen LogP contribution < -0.4 is 5.32 Å². The molecule has 0 bridgehead atoms. The van der Waals surface area contributed by atoms with Crippen LogP contribution in [0.5, 0.6) is 0 Å². The van der Waals surface area contributed by atoms with Gasteiger partial charge in [-0.2, -0.15) is 0 Å². The van der Waals surface area contributed by atoms with Crippen LogP contribution in [0.4, 0.5) is 10.7 Å². The zero-order valence-corrected chi connectivity index (χ0v) is 18.9. The molecular weight excluding hydrogens is 436 g/mol. The van der Waals surface area contributed by atoms with Gasteiger partial charge in [0.15, 0.2) is 6.61 Å². The molecule has 32 heavy (non-hydrogen) atoms. The summed E-state index contributed by atoms with van der Waals surface area (Å²) >= 11 is 1.35. The smallest absolute Gasteiger partial charge is 0.341 e. The Kier molecular flexibility index (Phi) is 7.24. The van der Waals surface area contributed by atoms with Crippen molar-refractivity contribution in [3.8, 4) is 0 Å². The summed E-state index contributed by atoms with van der Waals surface area (Å²) in [4.78, 5) is 48.8. The minimum atomic E-state index is -0.775. The standard InChI is InChI=1S/C22H24N2O7S/c1-12(2)31-22(27)19-15-6-4-5-7-17(15)32-20(19)23-18(25)11-30-21(26)14-8-9-16(24(28)29)13(3)10-14/h8-10,12H,4-7,11H2,1-3H3,(H,23,25). The Morgan fingerprint density at radius 2 is 1.91 bits per heavy atom. The summed E-state index contributed by atoms with van der Waals surface area (Å²) in [6.45, 7) is 4.47. The maximum absolute atomic E-state index is 12.6. The van der Waals surface area contributed by atoms with Gasteiger partial charge in [-0.3, -0.25) is 14.9 Å². The number of nitro groups is 1. The van der Waals surface area contributed by atoms with E-state index in [2.05, 4.69) is 5.32 Å². The molecule has 0 fully saturated rings. The van der Waals surface area contributed by atoms with Crippen LogP contribution >= 0.6 is 11.3 Å². The van der Waals surface area contributed by atoms with Crippen LogP contribution in [-0.4, -0.2) is 35.5 Å². The van der Waals surface area contributed by atoms with E-state index < -0.39 is 29.4 Å². The Balaban J connectivity index is 1.69. The first kappa shape index (κ1) is 23.4. The fraction of sp³-hybridized carbons (Fsp3) is 0.409. The molecule has 0 spiro atoms. The van der Waals surface area contributed by atoms with Crippen LogP contribution in [0.2, 0.25) is 0 Å². The third kappa shape index (κ3) is 5.31. The molecule has 0 aliphatic heterocycles. The van der Waals surface area contributed by atoms with Crippen molar-refractivity contribution in [2.24, 2.45) is 0 Å². The van der Waals surface area contributed by atoms with Crippen LogP contribution in [0.3, 0.4) is 0 Å². The topological polar surface area (TPSA) is 125 Å². The second kappa shape index (κ2) is 9.90.